The first-order chi connectivity index (χ1) is 9.28. The molecular weight excluding hydrogens is 291 g/mol. The Balaban J connectivity index is 2.18. The van der Waals surface area contributed by atoms with E-state index in [0.29, 0.717) is 17.0 Å². The van der Waals surface area contributed by atoms with Gasteiger partial charge >= 0.3 is 0 Å². The van der Waals surface area contributed by atoms with E-state index in [1.807, 2.05) is 18.2 Å². The van der Waals surface area contributed by atoms with Gasteiger partial charge in [-0.15, -0.1) is 0 Å². The zero-order valence-corrected chi connectivity index (χ0v) is 14.2. The second kappa shape index (κ2) is 6.23. The van der Waals surface area contributed by atoms with Crippen LogP contribution in [0.2, 0.25) is 10.0 Å². The largest absolute Gasteiger partial charge is 0.309 e. The SMILES string of the molecule is CC(C)C1CNC(C)(C)CN1Cc1ccc(Cl)cc1Cl. The molecule has 1 aromatic carbocycles. The molecule has 0 bridgehead atoms. The number of nitrogens with zero attached hydrogens (tertiary/aromatic N) is 1. The lowest BCUT2D eigenvalue weighted by Gasteiger charge is -2.46. The molecule has 1 saturated heterocycles. The Morgan fingerprint density at radius 2 is 2.05 bits per heavy atom. The average Bonchev–Trinajstić information content (AvgIpc) is 2.31. The Bertz CT molecular complexity index is 472. The van der Waals surface area contributed by atoms with Crippen molar-refractivity contribution in [2.75, 3.05) is 13.1 Å². The molecular formula is C16H24Cl2N2. The van der Waals surface area contributed by atoms with Gasteiger partial charge in [0.25, 0.3) is 0 Å². The van der Waals surface area contributed by atoms with Gasteiger partial charge in [0.2, 0.25) is 0 Å². The van der Waals surface area contributed by atoms with Crippen LogP contribution in [0, 0.1) is 5.92 Å². The molecule has 1 N–H and O–H groups in total. The Morgan fingerprint density at radius 3 is 2.65 bits per heavy atom. The van der Waals surface area contributed by atoms with Crippen LogP contribution in [0.15, 0.2) is 18.2 Å². The maximum absolute atomic E-state index is 6.32. The van der Waals surface area contributed by atoms with Gasteiger partial charge in [0, 0.05) is 41.3 Å². The highest BCUT2D eigenvalue weighted by molar-refractivity contribution is 6.35. The topological polar surface area (TPSA) is 15.3 Å². The monoisotopic (exact) mass is 314 g/mol. The lowest BCUT2D eigenvalue weighted by Crippen LogP contribution is -2.62. The minimum Gasteiger partial charge on any atom is -0.309 e. The van der Waals surface area contributed by atoms with E-state index in [0.717, 1.165) is 30.2 Å². The fourth-order valence-corrected chi connectivity index (χ4v) is 3.36. The quantitative estimate of drug-likeness (QED) is 0.899. The zero-order chi connectivity index (χ0) is 14.9. The van der Waals surface area contributed by atoms with E-state index < -0.39 is 0 Å². The summed E-state index contributed by atoms with van der Waals surface area (Å²) in [4.78, 5) is 2.54. The van der Waals surface area contributed by atoms with Crippen LogP contribution in [0.4, 0.5) is 0 Å². The van der Waals surface area contributed by atoms with Crippen molar-refractivity contribution in [3.63, 3.8) is 0 Å². The molecule has 0 aromatic heterocycles. The number of nitrogens with one attached hydrogen (secondary N) is 1. The third kappa shape index (κ3) is 3.88. The summed E-state index contributed by atoms with van der Waals surface area (Å²) in [6.07, 6.45) is 0. The molecule has 1 fully saturated rings. The van der Waals surface area contributed by atoms with Gasteiger partial charge in [-0.2, -0.15) is 0 Å². The van der Waals surface area contributed by atoms with Gasteiger partial charge in [-0.3, -0.25) is 4.90 Å². The Labute approximate surface area is 132 Å². The minimum absolute atomic E-state index is 0.143. The number of rotatable bonds is 3. The average molecular weight is 315 g/mol. The van der Waals surface area contributed by atoms with E-state index in [4.69, 9.17) is 23.2 Å². The number of hydrogen-bond donors (Lipinski definition) is 1. The molecule has 0 saturated carbocycles. The molecule has 0 spiro atoms. The van der Waals surface area contributed by atoms with Crippen LogP contribution < -0.4 is 5.32 Å². The molecule has 2 rings (SSSR count). The fourth-order valence-electron chi connectivity index (χ4n) is 2.89. The van der Waals surface area contributed by atoms with Gasteiger partial charge in [-0.05, 0) is 37.5 Å². The van der Waals surface area contributed by atoms with Crippen molar-refractivity contribution in [1.82, 2.24) is 10.2 Å². The zero-order valence-electron chi connectivity index (χ0n) is 12.7. The molecule has 1 aromatic rings. The molecule has 1 atom stereocenters. The van der Waals surface area contributed by atoms with E-state index in [2.05, 4.69) is 37.9 Å². The van der Waals surface area contributed by atoms with Crippen LogP contribution in [0.3, 0.4) is 0 Å². The number of benzene rings is 1. The van der Waals surface area contributed by atoms with Crippen LogP contribution in [-0.4, -0.2) is 29.6 Å². The predicted molar refractivity (Wildman–Crippen MR) is 87.6 cm³/mol. The van der Waals surface area contributed by atoms with Crippen LogP contribution in [0.25, 0.3) is 0 Å². The van der Waals surface area contributed by atoms with Crippen molar-refractivity contribution >= 4 is 23.2 Å². The van der Waals surface area contributed by atoms with Gasteiger partial charge in [0.15, 0.2) is 0 Å². The van der Waals surface area contributed by atoms with E-state index in [1.165, 1.54) is 0 Å². The van der Waals surface area contributed by atoms with Crippen LogP contribution >= 0.6 is 23.2 Å². The summed E-state index contributed by atoms with van der Waals surface area (Å²) >= 11 is 12.3. The van der Waals surface area contributed by atoms with Crippen molar-refractivity contribution in [2.24, 2.45) is 5.92 Å². The van der Waals surface area contributed by atoms with Crippen molar-refractivity contribution in [1.29, 1.82) is 0 Å². The maximum atomic E-state index is 6.32. The summed E-state index contributed by atoms with van der Waals surface area (Å²) in [7, 11) is 0. The highest BCUT2D eigenvalue weighted by Crippen LogP contribution is 2.26. The van der Waals surface area contributed by atoms with Gasteiger partial charge in [-0.1, -0.05) is 43.1 Å². The van der Waals surface area contributed by atoms with Crippen molar-refractivity contribution in [3.05, 3.63) is 33.8 Å². The maximum Gasteiger partial charge on any atom is 0.0465 e. The molecule has 0 aliphatic carbocycles. The van der Waals surface area contributed by atoms with Gasteiger partial charge < -0.3 is 5.32 Å². The van der Waals surface area contributed by atoms with E-state index in [-0.39, 0.29) is 5.54 Å². The number of halogens is 2. The Hall–Kier alpha value is -0.280. The summed E-state index contributed by atoms with van der Waals surface area (Å²) < 4.78 is 0. The lowest BCUT2D eigenvalue weighted by atomic mass is 9.92. The molecule has 1 aliphatic rings. The third-order valence-electron chi connectivity index (χ3n) is 4.02. The number of piperazine rings is 1. The fraction of sp³-hybridized carbons (Fsp3) is 0.625. The summed E-state index contributed by atoms with van der Waals surface area (Å²) in [5, 5.41) is 5.09. The molecule has 20 heavy (non-hydrogen) atoms. The molecule has 2 nitrogen and oxygen atoms in total. The first kappa shape index (κ1) is 16.1. The van der Waals surface area contributed by atoms with Crippen molar-refractivity contribution in [3.8, 4) is 0 Å². The number of hydrogen-bond acceptors (Lipinski definition) is 2. The molecule has 0 radical (unpaired) electrons. The summed E-state index contributed by atoms with van der Waals surface area (Å²) in [6.45, 7) is 12.0. The summed E-state index contributed by atoms with van der Waals surface area (Å²) in [5.41, 5.74) is 1.30. The Morgan fingerprint density at radius 1 is 1.35 bits per heavy atom. The second-order valence-electron chi connectivity index (χ2n) is 6.72. The highest BCUT2D eigenvalue weighted by atomic mass is 35.5. The van der Waals surface area contributed by atoms with Crippen LogP contribution in [-0.2, 0) is 6.54 Å². The summed E-state index contributed by atoms with van der Waals surface area (Å²) in [5.74, 6) is 0.615. The van der Waals surface area contributed by atoms with Gasteiger partial charge in [-0.25, -0.2) is 0 Å². The smallest absolute Gasteiger partial charge is 0.0465 e. The molecule has 1 unspecified atom stereocenters. The van der Waals surface area contributed by atoms with E-state index in [9.17, 15) is 0 Å². The van der Waals surface area contributed by atoms with Crippen molar-refractivity contribution in [2.45, 2.75) is 45.8 Å². The van der Waals surface area contributed by atoms with Crippen LogP contribution in [0.5, 0.6) is 0 Å². The van der Waals surface area contributed by atoms with Crippen molar-refractivity contribution < 1.29 is 0 Å². The summed E-state index contributed by atoms with van der Waals surface area (Å²) in [6, 6.07) is 6.32. The molecule has 1 heterocycles. The lowest BCUT2D eigenvalue weighted by molar-refractivity contribution is 0.0628. The Kier molecular flexibility index (Phi) is 5.01. The van der Waals surface area contributed by atoms with Gasteiger partial charge in [0.05, 0.1) is 0 Å². The highest BCUT2D eigenvalue weighted by Gasteiger charge is 2.33. The van der Waals surface area contributed by atoms with E-state index >= 15 is 0 Å². The first-order valence-corrected chi connectivity index (χ1v) is 7.97. The van der Waals surface area contributed by atoms with E-state index in [1.54, 1.807) is 0 Å². The molecule has 0 amide bonds. The first-order valence-electron chi connectivity index (χ1n) is 7.21. The normalized spacial score (nSPS) is 23.2. The predicted octanol–water partition coefficient (Wildman–Crippen LogP) is 4.20. The molecule has 112 valence electrons. The molecule has 1 aliphatic heterocycles. The second-order valence-corrected chi connectivity index (χ2v) is 7.56. The standard InChI is InChI=1S/C16H24Cl2N2/c1-11(2)15-8-19-16(3,4)10-20(15)9-12-5-6-13(17)7-14(12)18/h5-7,11,15,19H,8-10H2,1-4H3. The van der Waals surface area contributed by atoms with Gasteiger partial charge in [0.1, 0.15) is 0 Å². The minimum atomic E-state index is 0.143. The molecule has 4 heteroatoms. The van der Waals surface area contributed by atoms with Crippen LogP contribution in [0.1, 0.15) is 33.3 Å². The third-order valence-corrected chi connectivity index (χ3v) is 4.60.